The predicted octanol–water partition coefficient (Wildman–Crippen LogP) is -1.04. The zero-order valence-corrected chi connectivity index (χ0v) is 7.19. The number of aromatic nitrogens is 4. The van der Waals surface area contributed by atoms with Gasteiger partial charge in [-0.1, -0.05) is 0 Å². The minimum absolute atomic E-state index is 0.0193. The molecule has 0 aromatic carbocycles. The molecule has 0 atom stereocenters. The van der Waals surface area contributed by atoms with Crippen LogP contribution in [0.4, 0.5) is 5.95 Å². The van der Waals surface area contributed by atoms with E-state index in [1.54, 1.807) is 0 Å². The second-order valence-electron chi connectivity index (χ2n) is 2.77. The highest BCUT2D eigenvalue weighted by Crippen LogP contribution is 2.12. The number of amides is 1. The van der Waals surface area contributed by atoms with E-state index in [-0.39, 0.29) is 12.4 Å². The summed E-state index contributed by atoms with van der Waals surface area (Å²) in [5.74, 6) is -0.389. The monoisotopic (exact) mass is 192 g/mol. The van der Waals surface area contributed by atoms with Crippen molar-refractivity contribution in [3.8, 4) is 0 Å². The number of H-pyrrole nitrogens is 1. The fourth-order valence-electron chi connectivity index (χ4n) is 1.20. The van der Waals surface area contributed by atoms with Gasteiger partial charge in [0.1, 0.15) is 5.52 Å². The molecule has 0 aliphatic rings. The minimum Gasteiger partial charge on any atom is -0.369 e. The van der Waals surface area contributed by atoms with Crippen LogP contribution in [0.2, 0.25) is 0 Å². The van der Waals surface area contributed by atoms with Crippen LogP contribution in [0.25, 0.3) is 11.2 Å². The third kappa shape index (κ3) is 1.35. The van der Waals surface area contributed by atoms with E-state index in [9.17, 15) is 4.79 Å². The van der Waals surface area contributed by atoms with E-state index in [1.807, 2.05) is 0 Å². The van der Waals surface area contributed by atoms with Crippen molar-refractivity contribution >= 4 is 23.0 Å². The molecule has 7 heteroatoms. The highest BCUT2D eigenvalue weighted by atomic mass is 16.1. The number of anilines is 1. The van der Waals surface area contributed by atoms with E-state index < -0.39 is 5.91 Å². The molecule has 2 aromatic rings. The van der Waals surface area contributed by atoms with Crippen LogP contribution in [-0.2, 0) is 11.2 Å². The van der Waals surface area contributed by atoms with Gasteiger partial charge in [0.05, 0.1) is 18.4 Å². The molecule has 0 aliphatic heterocycles. The minimum atomic E-state index is -0.473. The van der Waals surface area contributed by atoms with Crippen molar-refractivity contribution < 1.29 is 4.79 Å². The average molecular weight is 192 g/mol. The van der Waals surface area contributed by atoms with Crippen LogP contribution in [0.5, 0.6) is 0 Å². The molecule has 0 radical (unpaired) electrons. The maximum atomic E-state index is 10.7. The number of fused-ring (bicyclic) bond motifs is 1. The smallest absolute Gasteiger partial charge is 0.223 e. The Morgan fingerprint density at radius 1 is 1.50 bits per heavy atom. The van der Waals surface area contributed by atoms with E-state index in [2.05, 4.69) is 19.9 Å². The Balaban J connectivity index is 2.60. The second-order valence-corrected chi connectivity index (χ2v) is 2.77. The fraction of sp³-hybridized carbons (Fsp3) is 0.143. The summed E-state index contributed by atoms with van der Waals surface area (Å²) < 4.78 is 0. The third-order valence-corrected chi connectivity index (χ3v) is 1.72. The number of hydrogen-bond acceptors (Lipinski definition) is 5. The number of carbonyl (C=O) groups excluding carboxylic acids is 1. The summed E-state index contributed by atoms with van der Waals surface area (Å²) in [4.78, 5) is 25.2. The Morgan fingerprint density at radius 2 is 2.29 bits per heavy atom. The summed E-state index contributed by atoms with van der Waals surface area (Å²) in [7, 11) is 0. The molecule has 2 heterocycles. The average Bonchev–Trinajstić information content (AvgIpc) is 2.50. The number of nitrogen functional groups attached to an aromatic ring is 1. The van der Waals surface area contributed by atoms with Crippen molar-refractivity contribution in [3.63, 3.8) is 0 Å². The maximum Gasteiger partial charge on any atom is 0.223 e. The van der Waals surface area contributed by atoms with Crippen LogP contribution in [0.3, 0.4) is 0 Å². The van der Waals surface area contributed by atoms with Crippen LogP contribution in [-0.4, -0.2) is 25.8 Å². The highest BCUT2D eigenvalue weighted by molar-refractivity contribution is 5.82. The summed E-state index contributed by atoms with van der Waals surface area (Å²) in [6, 6.07) is 0. The zero-order chi connectivity index (χ0) is 10.1. The first-order chi connectivity index (χ1) is 6.66. The molecule has 72 valence electrons. The quantitative estimate of drug-likeness (QED) is 0.560. The number of nitrogens with two attached hydrogens (primary N) is 2. The van der Waals surface area contributed by atoms with Gasteiger partial charge in [-0.3, -0.25) is 4.79 Å². The molecule has 0 spiro atoms. The topological polar surface area (TPSA) is 124 Å². The molecule has 14 heavy (non-hydrogen) atoms. The fourth-order valence-corrected chi connectivity index (χ4v) is 1.20. The molecule has 0 unspecified atom stereocenters. The summed E-state index contributed by atoms with van der Waals surface area (Å²) >= 11 is 0. The van der Waals surface area contributed by atoms with Crippen molar-refractivity contribution in [2.24, 2.45) is 5.73 Å². The Kier molecular flexibility index (Phi) is 1.77. The number of hydrogen-bond donors (Lipinski definition) is 3. The molecular weight excluding hydrogens is 184 g/mol. The van der Waals surface area contributed by atoms with Crippen molar-refractivity contribution in [3.05, 3.63) is 12.0 Å². The van der Waals surface area contributed by atoms with Gasteiger partial charge in [-0.15, -0.1) is 0 Å². The van der Waals surface area contributed by atoms with Crippen molar-refractivity contribution in [2.45, 2.75) is 6.42 Å². The number of nitrogens with one attached hydrogen (secondary N) is 1. The van der Waals surface area contributed by atoms with Crippen LogP contribution in [0.1, 0.15) is 5.69 Å². The third-order valence-electron chi connectivity index (χ3n) is 1.72. The normalized spacial score (nSPS) is 10.6. The number of rotatable bonds is 2. The van der Waals surface area contributed by atoms with E-state index >= 15 is 0 Å². The maximum absolute atomic E-state index is 10.7. The number of aromatic amines is 1. The molecule has 0 bridgehead atoms. The SMILES string of the molecule is NC(=O)Cc1nc(N)nc2nc[nH]c12. The van der Waals surface area contributed by atoms with Gasteiger partial charge in [0.2, 0.25) is 11.9 Å². The Morgan fingerprint density at radius 3 is 3.00 bits per heavy atom. The van der Waals surface area contributed by atoms with Crippen molar-refractivity contribution in [1.82, 2.24) is 19.9 Å². The molecule has 0 fully saturated rings. The molecule has 7 nitrogen and oxygen atoms in total. The van der Waals surface area contributed by atoms with Crippen molar-refractivity contribution in [1.29, 1.82) is 0 Å². The molecule has 0 aliphatic carbocycles. The standard InChI is InChI=1S/C7H8N6O/c8-4(14)1-3-5-6(11-2-10-5)13-7(9)12-3/h2H,1H2,(H2,8,14)(H3,9,10,11,12,13). The van der Waals surface area contributed by atoms with E-state index in [0.29, 0.717) is 16.9 Å². The number of primary amides is 1. The molecule has 2 rings (SSSR count). The zero-order valence-electron chi connectivity index (χ0n) is 7.19. The van der Waals surface area contributed by atoms with E-state index in [0.717, 1.165) is 0 Å². The van der Waals surface area contributed by atoms with Gasteiger partial charge in [-0.05, 0) is 0 Å². The lowest BCUT2D eigenvalue weighted by Crippen LogP contribution is -2.15. The first-order valence-electron chi connectivity index (χ1n) is 3.90. The summed E-state index contributed by atoms with van der Waals surface area (Å²) in [6.45, 7) is 0. The Labute approximate surface area is 78.6 Å². The van der Waals surface area contributed by atoms with Gasteiger partial charge in [0.15, 0.2) is 5.65 Å². The summed E-state index contributed by atoms with van der Waals surface area (Å²) in [6.07, 6.45) is 1.48. The molecule has 2 aromatic heterocycles. The van der Waals surface area contributed by atoms with Gasteiger partial charge in [0.25, 0.3) is 0 Å². The first-order valence-corrected chi connectivity index (χ1v) is 3.90. The van der Waals surface area contributed by atoms with E-state index in [4.69, 9.17) is 11.5 Å². The lowest BCUT2D eigenvalue weighted by molar-refractivity contribution is -0.117. The van der Waals surface area contributed by atoms with Crippen LogP contribution in [0, 0.1) is 0 Å². The van der Waals surface area contributed by atoms with Crippen LogP contribution >= 0.6 is 0 Å². The Bertz CT molecular complexity index is 490. The van der Waals surface area contributed by atoms with Gasteiger partial charge >= 0.3 is 0 Å². The van der Waals surface area contributed by atoms with Crippen LogP contribution in [0.15, 0.2) is 6.33 Å². The first kappa shape index (κ1) is 8.42. The number of nitrogens with zero attached hydrogens (tertiary/aromatic N) is 3. The molecule has 5 N–H and O–H groups in total. The van der Waals surface area contributed by atoms with E-state index in [1.165, 1.54) is 6.33 Å². The molecular formula is C7H8N6O. The lowest BCUT2D eigenvalue weighted by atomic mass is 10.2. The largest absolute Gasteiger partial charge is 0.369 e. The molecule has 0 saturated carbocycles. The van der Waals surface area contributed by atoms with Gasteiger partial charge in [-0.2, -0.15) is 4.98 Å². The summed E-state index contributed by atoms with van der Waals surface area (Å²) in [5, 5.41) is 0. The van der Waals surface area contributed by atoms with Crippen LogP contribution < -0.4 is 11.5 Å². The van der Waals surface area contributed by atoms with Gasteiger partial charge < -0.3 is 16.5 Å². The summed E-state index contributed by atoms with van der Waals surface area (Å²) in [5.41, 5.74) is 12.0. The highest BCUT2D eigenvalue weighted by Gasteiger charge is 2.10. The Hall–Kier alpha value is -2.18. The van der Waals surface area contributed by atoms with Gasteiger partial charge in [-0.25, -0.2) is 9.97 Å². The second kappa shape index (κ2) is 2.95. The number of imidazole rings is 1. The number of carbonyl (C=O) groups is 1. The lowest BCUT2D eigenvalue weighted by Gasteiger charge is -1.99. The predicted molar refractivity (Wildman–Crippen MR) is 49.0 cm³/mol. The molecule has 0 saturated heterocycles. The molecule has 1 amide bonds. The van der Waals surface area contributed by atoms with Gasteiger partial charge in [0, 0.05) is 0 Å². The van der Waals surface area contributed by atoms with Crippen molar-refractivity contribution in [2.75, 3.05) is 5.73 Å².